The van der Waals surface area contributed by atoms with Gasteiger partial charge < -0.3 is 5.73 Å². The molecule has 3 heterocycles. The number of nitrogens with zero attached hydrogens (tertiary/aromatic N) is 4. The molecule has 0 radical (unpaired) electrons. The lowest BCUT2D eigenvalue weighted by atomic mass is 10.1. The van der Waals surface area contributed by atoms with Gasteiger partial charge >= 0.3 is 5.76 Å². The molecule has 1 aliphatic carbocycles. The third kappa shape index (κ3) is 2.42. The average Bonchev–Trinajstić information content (AvgIpc) is 2.92. The van der Waals surface area contributed by atoms with E-state index in [0.717, 1.165) is 23.1 Å². The first-order valence-corrected chi connectivity index (χ1v) is 8.55. The van der Waals surface area contributed by atoms with Crippen molar-refractivity contribution in [3.8, 4) is 0 Å². The zero-order chi connectivity index (χ0) is 16.0. The van der Waals surface area contributed by atoms with Gasteiger partial charge in [0.1, 0.15) is 10.6 Å². The summed E-state index contributed by atoms with van der Waals surface area (Å²) >= 11 is 1.70. The van der Waals surface area contributed by atoms with Crippen LogP contribution in [0.15, 0.2) is 9.32 Å². The Labute approximate surface area is 136 Å². The van der Waals surface area contributed by atoms with Crippen LogP contribution in [-0.4, -0.2) is 19.7 Å². The third-order valence-electron chi connectivity index (χ3n) is 4.31. The van der Waals surface area contributed by atoms with E-state index < -0.39 is 5.76 Å². The largest absolute Gasteiger partial charge is 0.442 e. The van der Waals surface area contributed by atoms with E-state index in [4.69, 9.17) is 5.73 Å². The van der Waals surface area contributed by atoms with Crippen LogP contribution < -0.4 is 11.5 Å². The lowest BCUT2D eigenvalue weighted by Crippen LogP contribution is -2.18. The van der Waals surface area contributed by atoms with E-state index in [1.54, 1.807) is 18.3 Å². The maximum Gasteiger partial charge on any atom is 0.442 e. The van der Waals surface area contributed by atoms with E-state index in [-0.39, 0.29) is 6.54 Å². The molecule has 0 atom stereocenters. The zero-order valence-electron chi connectivity index (χ0n) is 12.8. The predicted octanol–water partition coefficient (Wildman–Crippen LogP) is 2.05. The molecule has 7 nitrogen and oxygen atoms in total. The molecule has 0 bridgehead atoms. The Bertz CT molecular complexity index is 939. The SMILES string of the molecule is Cc1noc(=O)n1Cc1nc(N)c2c3c(sc2n1)CCCCC3. The van der Waals surface area contributed by atoms with E-state index in [0.29, 0.717) is 17.5 Å². The summed E-state index contributed by atoms with van der Waals surface area (Å²) in [5.74, 6) is 1.01. The number of hydrogen-bond donors (Lipinski definition) is 1. The number of aryl methyl sites for hydroxylation is 3. The minimum Gasteiger partial charge on any atom is -0.383 e. The summed E-state index contributed by atoms with van der Waals surface area (Å²) in [6.45, 7) is 1.93. The van der Waals surface area contributed by atoms with Crippen LogP contribution in [0.3, 0.4) is 0 Å². The monoisotopic (exact) mass is 331 g/mol. The molecule has 0 saturated heterocycles. The predicted molar refractivity (Wildman–Crippen MR) is 87.7 cm³/mol. The number of nitrogen functional groups attached to an aromatic ring is 1. The standard InChI is InChI=1S/C15H17N5O2S/c1-8-19-22-15(21)20(8)7-11-17-13(16)12-9-5-3-2-4-6-10(9)23-14(12)18-11/h2-7H2,1H3,(H2,16,17,18). The summed E-state index contributed by atoms with van der Waals surface area (Å²) in [6, 6.07) is 0. The molecule has 0 fully saturated rings. The van der Waals surface area contributed by atoms with Crippen molar-refractivity contribution >= 4 is 27.4 Å². The van der Waals surface area contributed by atoms with Crippen molar-refractivity contribution < 1.29 is 4.52 Å². The van der Waals surface area contributed by atoms with Crippen LogP contribution in [0.4, 0.5) is 5.82 Å². The number of rotatable bonds is 2. The van der Waals surface area contributed by atoms with Crippen molar-refractivity contribution in [2.45, 2.75) is 45.6 Å². The molecular weight excluding hydrogens is 314 g/mol. The molecule has 4 rings (SSSR count). The molecule has 0 unspecified atom stereocenters. The van der Waals surface area contributed by atoms with Crippen LogP contribution >= 0.6 is 11.3 Å². The number of nitrogens with two attached hydrogens (primary N) is 1. The molecule has 8 heteroatoms. The quantitative estimate of drug-likeness (QED) is 0.721. The first kappa shape index (κ1) is 14.4. The molecule has 0 saturated carbocycles. The van der Waals surface area contributed by atoms with Gasteiger partial charge in [0.15, 0.2) is 11.6 Å². The van der Waals surface area contributed by atoms with Gasteiger partial charge in [0.05, 0.1) is 11.9 Å². The molecule has 0 amide bonds. The Kier molecular flexibility index (Phi) is 3.41. The second-order valence-corrected chi connectivity index (χ2v) is 6.94. The van der Waals surface area contributed by atoms with E-state index in [2.05, 4.69) is 19.6 Å². The second kappa shape index (κ2) is 5.45. The summed E-state index contributed by atoms with van der Waals surface area (Å²) in [4.78, 5) is 23.0. The third-order valence-corrected chi connectivity index (χ3v) is 5.49. The Morgan fingerprint density at radius 3 is 2.87 bits per heavy atom. The van der Waals surface area contributed by atoms with Crippen molar-refractivity contribution in [2.24, 2.45) is 0 Å². The minimum atomic E-state index is -0.508. The van der Waals surface area contributed by atoms with Gasteiger partial charge in [-0.25, -0.2) is 14.8 Å². The number of fused-ring (bicyclic) bond motifs is 3. The number of anilines is 1. The normalized spacial score (nSPS) is 14.8. The van der Waals surface area contributed by atoms with Crippen molar-refractivity contribution in [1.82, 2.24) is 19.7 Å². The van der Waals surface area contributed by atoms with Crippen LogP contribution in [0.5, 0.6) is 0 Å². The molecular formula is C15H17N5O2S. The van der Waals surface area contributed by atoms with E-state index >= 15 is 0 Å². The molecule has 23 heavy (non-hydrogen) atoms. The van der Waals surface area contributed by atoms with E-state index in [1.807, 2.05) is 0 Å². The molecule has 0 aliphatic heterocycles. The smallest absolute Gasteiger partial charge is 0.383 e. The van der Waals surface area contributed by atoms with Crippen LogP contribution in [0.2, 0.25) is 0 Å². The highest BCUT2D eigenvalue weighted by molar-refractivity contribution is 7.18. The maximum atomic E-state index is 11.6. The Hall–Kier alpha value is -2.22. The van der Waals surface area contributed by atoms with Crippen LogP contribution in [-0.2, 0) is 19.4 Å². The molecule has 120 valence electrons. The summed E-state index contributed by atoms with van der Waals surface area (Å²) in [5.41, 5.74) is 7.53. The summed E-state index contributed by atoms with van der Waals surface area (Å²) in [5, 5.41) is 4.66. The lowest BCUT2D eigenvalue weighted by molar-refractivity contribution is 0.375. The first-order valence-electron chi connectivity index (χ1n) is 7.73. The first-order chi connectivity index (χ1) is 11.1. The summed E-state index contributed by atoms with van der Waals surface area (Å²) in [7, 11) is 0. The molecule has 3 aromatic rings. The molecule has 0 aromatic carbocycles. The van der Waals surface area contributed by atoms with Gasteiger partial charge in [-0.1, -0.05) is 11.6 Å². The van der Waals surface area contributed by atoms with Gasteiger partial charge in [-0.2, -0.15) is 0 Å². The molecule has 1 aliphatic rings. The zero-order valence-corrected chi connectivity index (χ0v) is 13.7. The van der Waals surface area contributed by atoms with Gasteiger partial charge in [-0.05, 0) is 38.2 Å². The lowest BCUT2D eigenvalue weighted by Gasteiger charge is -2.05. The van der Waals surface area contributed by atoms with Gasteiger partial charge in [0.2, 0.25) is 0 Å². The van der Waals surface area contributed by atoms with Crippen molar-refractivity contribution in [2.75, 3.05) is 5.73 Å². The second-order valence-electron chi connectivity index (χ2n) is 5.85. The Balaban J connectivity index is 1.80. The highest BCUT2D eigenvalue weighted by atomic mass is 32.1. The van der Waals surface area contributed by atoms with Gasteiger partial charge in [-0.3, -0.25) is 9.09 Å². The van der Waals surface area contributed by atoms with Crippen LogP contribution in [0, 0.1) is 6.92 Å². The fourth-order valence-electron chi connectivity index (χ4n) is 3.14. The van der Waals surface area contributed by atoms with Gasteiger partial charge in [0.25, 0.3) is 0 Å². The van der Waals surface area contributed by atoms with Crippen molar-refractivity contribution in [1.29, 1.82) is 0 Å². The summed E-state index contributed by atoms with van der Waals surface area (Å²) in [6.07, 6.45) is 5.81. The van der Waals surface area contributed by atoms with Crippen molar-refractivity contribution in [3.63, 3.8) is 0 Å². The number of hydrogen-bond acceptors (Lipinski definition) is 7. The van der Waals surface area contributed by atoms with E-state index in [9.17, 15) is 4.79 Å². The molecule has 0 spiro atoms. The summed E-state index contributed by atoms with van der Waals surface area (Å²) < 4.78 is 6.04. The Morgan fingerprint density at radius 1 is 1.26 bits per heavy atom. The Morgan fingerprint density at radius 2 is 2.09 bits per heavy atom. The maximum absolute atomic E-state index is 11.6. The number of aromatic nitrogens is 4. The number of thiophene rings is 1. The van der Waals surface area contributed by atoms with Crippen LogP contribution in [0.25, 0.3) is 10.2 Å². The van der Waals surface area contributed by atoms with Gasteiger partial charge in [-0.15, -0.1) is 11.3 Å². The minimum absolute atomic E-state index is 0.219. The van der Waals surface area contributed by atoms with E-state index in [1.165, 1.54) is 34.3 Å². The highest BCUT2D eigenvalue weighted by Gasteiger charge is 2.20. The molecule has 2 N–H and O–H groups in total. The van der Waals surface area contributed by atoms with Crippen LogP contribution in [0.1, 0.15) is 41.4 Å². The fourth-order valence-corrected chi connectivity index (χ4v) is 4.42. The highest BCUT2D eigenvalue weighted by Crippen LogP contribution is 2.37. The average molecular weight is 331 g/mol. The topological polar surface area (TPSA) is 99.8 Å². The molecule has 3 aromatic heterocycles. The van der Waals surface area contributed by atoms with Gasteiger partial charge in [0, 0.05) is 4.88 Å². The fraction of sp³-hybridized carbons (Fsp3) is 0.467. The van der Waals surface area contributed by atoms with Crippen molar-refractivity contribution in [3.05, 3.63) is 32.6 Å².